The fourth-order valence-electron chi connectivity index (χ4n) is 15.4. The Morgan fingerprint density at radius 3 is 0.978 bits per heavy atom. The molecular formula is C74H93F3N20O32S6. The average Bonchev–Trinajstić information content (AvgIpc) is 1.59. The molecule has 5 aliphatic heterocycles. The summed E-state index contributed by atoms with van der Waals surface area (Å²) in [7, 11) is -6.08. The maximum Gasteiger partial charge on any atom is 0.523 e. The molecule has 10 aromatic rings. The predicted molar refractivity (Wildman–Crippen MR) is 473 cm³/mol. The summed E-state index contributed by atoms with van der Waals surface area (Å²) in [5.41, 5.74) is 19.0. The van der Waals surface area contributed by atoms with Gasteiger partial charge in [-0.05, 0) is 46.0 Å². The number of nitrogens with zero attached hydrogens (tertiary/aromatic N) is 10. The van der Waals surface area contributed by atoms with Crippen molar-refractivity contribution in [2.45, 2.75) is 276 Å². The number of nitrogen functional groups attached to an aromatic ring is 5. The molecule has 17 N–H and O–H groups in total. The number of anilines is 5. The van der Waals surface area contributed by atoms with Gasteiger partial charge in [-0.25, -0.2) is 4.57 Å². The fraction of sp³-hybridized carbons (Fsp3) is 0.581. The van der Waals surface area contributed by atoms with Crippen LogP contribution in [0.4, 0.5) is 42.9 Å². The number of ether oxygens (including phenoxy) is 11. The molecule has 15 rings (SSSR count). The van der Waals surface area contributed by atoms with Crippen LogP contribution in [0.2, 0.25) is 0 Å². The second kappa shape index (κ2) is 42.7. The number of fused-ring (bicyclic) bond motifs is 5. The Hall–Kier alpha value is -11.7. The Labute approximate surface area is 773 Å². The number of aromatic nitrogens is 15. The number of nitrogens with two attached hydrogens (primary N) is 5. The Morgan fingerprint density at radius 2 is 0.681 bits per heavy atom. The Bertz CT molecular complexity index is 6760. The number of Topliss-reactive ketones (excluding diaryl/α,β-unsaturated/α-hetero) is 1. The van der Waals surface area contributed by atoms with Crippen molar-refractivity contribution < 1.29 is 117 Å². The second-order valence-electron chi connectivity index (χ2n) is 30.8. The van der Waals surface area contributed by atoms with Crippen LogP contribution in [0.25, 0.3) is 51.7 Å². The fourth-order valence-corrected chi connectivity index (χ4v) is 20.2. The molecule has 19 atom stereocenters. The molecule has 738 valence electrons. The molecule has 0 aromatic carbocycles. The van der Waals surface area contributed by atoms with Crippen molar-refractivity contribution in [2.75, 3.05) is 28.7 Å². The third-order valence-corrected chi connectivity index (χ3v) is 26.6. The number of H-pyrrole nitrogens is 5. The quantitative estimate of drug-likeness (QED) is 0.0174. The standard InChI is InChI=1S/C17H24N4O6S.C15H17F3N4O8S2.2C14H18N4O6S.C14H16N4O6S/c1-5-9(25-7(2)3)10-6-11(26-8(4)22)15(27-10)21-13-12(28-17(21)24)14(23)20-16(18)19-13;1-3-6(28-5(2)23)7-4-8(30-32(26,27)15(16,17)18)12(29-7)22-10-9(31-14(22)25)11(24)21-13(19)20-10;3*1-3-7(23-5(2)19)8-4-6(20)12(24-8)18-10-9(25-14(18)22)11(21)17-13(15)16-10/h7,9-11,15H,5-6H2,1-4H3,(H3,18,19,20,23);6-8,12H,3-4H2,1-2H3,(H3,19,20,21,24);2*6-8,12,20H,3-4H2,1-2H3,(H3,15,16,17,21);7-8,12H,3-4H2,1-2H3,(H3,15,16,17,21)/t9?,10-,11+,15+;6?,7-,8-,12+;6-,7?,8+,12-;6-,7?,8-,12+;7?,8-,12+/m00100/s1. The minimum atomic E-state index is -6.08. The van der Waals surface area contributed by atoms with Gasteiger partial charge in [0.1, 0.15) is 78.4 Å². The zero-order chi connectivity index (χ0) is 99.5. The summed E-state index contributed by atoms with van der Waals surface area (Å²) in [5.74, 6) is -3.90. The Balaban J connectivity index is 0.000000163. The van der Waals surface area contributed by atoms with Gasteiger partial charge in [0.2, 0.25) is 29.7 Å². The molecule has 0 amide bonds. The van der Waals surface area contributed by atoms with E-state index in [9.17, 15) is 109 Å². The maximum atomic E-state index is 12.9. The second-order valence-corrected chi connectivity index (χ2v) is 37.2. The van der Waals surface area contributed by atoms with Crippen LogP contribution in [0, 0.1) is 0 Å². The number of thiazole rings is 5. The van der Waals surface area contributed by atoms with Crippen LogP contribution in [-0.2, 0) is 95.2 Å². The molecule has 0 aliphatic carbocycles. The zero-order valence-electron chi connectivity index (χ0n) is 73.2. The molecular weight excluding hydrogens is 1930 g/mol. The number of aromatic amines is 5. The highest BCUT2D eigenvalue weighted by Crippen LogP contribution is 2.42. The third kappa shape index (κ3) is 23.2. The van der Waals surface area contributed by atoms with Gasteiger partial charge < -0.3 is 91.0 Å². The van der Waals surface area contributed by atoms with Gasteiger partial charge in [-0.3, -0.25) is 124 Å². The monoisotopic (exact) mass is 2020 g/mol. The molecule has 5 fully saturated rings. The maximum absolute atomic E-state index is 12.9. The van der Waals surface area contributed by atoms with Crippen molar-refractivity contribution in [2.24, 2.45) is 0 Å². The Morgan fingerprint density at radius 1 is 0.415 bits per heavy atom. The lowest BCUT2D eigenvalue weighted by atomic mass is 10.1. The highest BCUT2D eigenvalue weighted by Gasteiger charge is 2.54. The zero-order valence-corrected chi connectivity index (χ0v) is 78.1. The van der Waals surface area contributed by atoms with Gasteiger partial charge in [0.15, 0.2) is 65.2 Å². The number of nitrogens with one attached hydrogen (secondary N) is 5. The third-order valence-electron chi connectivity index (χ3n) is 20.8. The van der Waals surface area contributed by atoms with Gasteiger partial charge in [0, 0.05) is 66.7 Å². The lowest BCUT2D eigenvalue weighted by molar-refractivity contribution is -0.157. The smallest absolute Gasteiger partial charge is 0.460 e. The lowest BCUT2D eigenvalue weighted by Crippen LogP contribution is -2.35. The summed E-state index contributed by atoms with van der Waals surface area (Å²) in [6, 6.07) is 0. The minimum Gasteiger partial charge on any atom is -0.460 e. The van der Waals surface area contributed by atoms with Crippen molar-refractivity contribution in [3.8, 4) is 0 Å². The molecule has 52 nitrogen and oxygen atoms in total. The van der Waals surface area contributed by atoms with Crippen LogP contribution in [-0.4, -0.2) is 224 Å². The number of aliphatic hydroxyl groups is 2. The molecule has 5 aliphatic rings. The topological polar surface area (TPSA) is 757 Å². The SMILES string of the molecule is CCC(OC(C)=O)[C@@H]1CC(=O)[C@H](n2c(=O)sc3c(=O)[nH]c(N)nc32)O1.CCC(OC(C)=O)[C@@H]1C[C@@H](O)[C@H](n2c(=O)sc3c(=O)[nH]c(N)nc32)O1.CCC(OC(C)=O)[C@@H]1C[C@H](O)[C@H](n2c(=O)sc3c(=O)[nH]c(N)nc32)O1.CCC(OC(C)=O)[C@@H]1C[C@H](OS(=O)(=O)C(F)(F)F)[C@H](n2c(=O)sc3c(=O)[nH]c(N)nc32)O1.CCC(OC(C)C)[C@@H]1C[C@@H](OC(C)=O)[C@H](n2c(=O)sc3c(=O)[nH]c(N)nc32)O1. The van der Waals surface area contributed by atoms with E-state index in [0.29, 0.717) is 82.0 Å². The summed E-state index contributed by atoms with van der Waals surface area (Å²) >= 11 is 3.20. The van der Waals surface area contributed by atoms with E-state index in [1.807, 2.05) is 34.6 Å². The summed E-state index contributed by atoms with van der Waals surface area (Å²) < 4.78 is 133. The van der Waals surface area contributed by atoms with Crippen LogP contribution in [0.15, 0.2) is 47.9 Å². The number of alkyl halides is 3. The first-order valence-corrected chi connectivity index (χ1v) is 46.6. The van der Waals surface area contributed by atoms with Crippen molar-refractivity contribution in [1.29, 1.82) is 0 Å². The van der Waals surface area contributed by atoms with Gasteiger partial charge >= 0.3 is 69.8 Å². The van der Waals surface area contributed by atoms with E-state index in [-0.39, 0.29) is 125 Å². The Kier molecular flexibility index (Phi) is 32.8. The van der Waals surface area contributed by atoms with Crippen LogP contribution < -0.4 is 80.8 Å². The van der Waals surface area contributed by atoms with Crippen molar-refractivity contribution in [3.63, 3.8) is 0 Å². The van der Waals surface area contributed by atoms with Crippen molar-refractivity contribution >= 4 is 184 Å². The number of carbonyl (C=O) groups excluding carboxylic acids is 6. The van der Waals surface area contributed by atoms with Crippen LogP contribution in [0.3, 0.4) is 0 Å². The van der Waals surface area contributed by atoms with Gasteiger partial charge in [-0.15, -0.1) is 0 Å². The first-order valence-electron chi connectivity index (χ1n) is 41.1. The molecule has 135 heavy (non-hydrogen) atoms. The van der Waals surface area contributed by atoms with Gasteiger partial charge in [0.25, 0.3) is 27.8 Å². The van der Waals surface area contributed by atoms with E-state index < -0.39 is 214 Å². The average molecular weight is 2020 g/mol. The largest absolute Gasteiger partial charge is 0.523 e. The number of hydrogen-bond acceptors (Lipinski definition) is 47. The number of ketones is 1. The highest BCUT2D eigenvalue weighted by molar-refractivity contribution is 7.87. The number of esters is 5. The minimum absolute atomic E-state index is 0.00390. The van der Waals surface area contributed by atoms with Crippen LogP contribution >= 0.6 is 56.7 Å². The molecule has 0 radical (unpaired) electrons. The highest BCUT2D eigenvalue weighted by atomic mass is 32.2. The van der Waals surface area contributed by atoms with E-state index in [1.54, 1.807) is 13.8 Å². The van der Waals surface area contributed by atoms with E-state index in [1.165, 1.54) is 32.3 Å². The molecule has 5 unspecified atom stereocenters. The lowest BCUT2D eigenvalue weighted by Gasteiger charge is -2.24. The summed E-state index contributed by atoms with van der Waals surface area (Å²) in [5, 5.41) is 20.7. The molecule has 15 heterocycles. The van der Waals surface area contributed by atoms with Crippen molar-refractivity contribution in [3.05, 3.63) is 100 Å². The number of aliphatic hydroxyl groups excluding tert-OH is 2. The van der Waals surface area contributed by atoms with Crippen molar-refractivity contribution in [1.82, 2.24) is 72.7 Å². The molecule has 61 heteroatoms. The van der Waals surface area contributed by atoms with E-state index in [0.717, 1.165) is 32.0 Å². The number of carbonyl (C=O) groups is 6. The van der Waals surface area contributed by atoms with Gasteiger partial charge in [0.05, 0.1) is 36.6 Å². The molecule has 0 spiro atoms. The van der Waals surface area contributed by atoms with E-state index in [2.05, 4.69) is 54.0 Å². The molecule has 5 saturated heterocycles. The van der Waals surface area contributed by atoms with Gasteiger partial charge in [-0.1, -0.05) is 91.3 Å². The van der Waals surface area contributed by atoms with E-state index in [4.69, 9.17) is 80.8 Å². The first kappa shape index (κ1) is 104. The van der Waals surface area contributed by atoms with Crippen LogP contribution in [0.1, 0.15) is 178 Å². The van der Waals surface area contributed by atoms with Crippen LogP contribution in [0.5, 0.6) is 0 Å². The molecule has 0 saturated carbocycles. The summed E-state index contributed by atoms with van der Waals surface area (Å²) in [6.07, 6.45) is -14.3. The number of hydrogen-bond donors (Lipinski definition) is 12. The number of rotatable bonds is 24. The summed E-state index contributed by atoms with van der Waals surface area (Å²) in [6.45, 7) is 19.1. The van der Waals surface area contributed by atoms with Gasteiger partial charge in [-0.2, -0.15) is 46.5 Å². The molecule has 10 aromatic heterocycles. The summed E-state index contributed by atoms with van der Waals surface area (Å²) in [4.78, 5) is 220. The van der Waals surface area contributed by atoms with E-state index >= 15 is 0 Å². The first-order chi connectivity index (χ1) is 63.4. The normalized spacial score (nSPS) is 23.3. The molecule has 0 bridgehead atoms. The predicted octanol–water partition coefficient (Wildman–Crippen LogP) is 1.11. The number of halogens is 3.